The minimum atomic E-state index is -1.10. The van der Waals surface area contributed by atoms with E-state index < -0.39 is 23.8 Å². The van der Waals surface area contributed by atoms with Crippen molar-refractivity contribution in [3.8, 4) is 0 Å². The van der Waals surface area contributed by atoms with Gasteiger partial charge in [-0.3, -0.25) is 14.4 Å². The Morgan fingerprint density at radius 3 is 2.16 bits per heavy atom. The Kier molecular flexibility index (Phi) is 5.23. The van der Waals surface area contributed by atoms with Crippen LogP contribution in [0.3, 0.4) is 0 Å². The van der Waals surface area contributed by atoms with Crippen LogP contribution in [0.5, 0.6) is 0 Å². The lowest BCUT2D eigenvalue weighted by Gasteiger charge is -2.16. The van der Waals surface area contributed by atoms with Gasteiger partial charge in [-0.15, -0.1) is 0 Å². The fourth-order valence-corrected chi connectivity index (χ4v) is 1.86. The molecule has 0 aliphatic rings. The van der Waals surface area contributed by atoms with E-state index in [1.807, 2.05) is 0 Å². The predicted octanol–water partition coefficient (Wildman–Crippen LogP) is 2.07. The quantitative estimate of drug-likeness (QED) is 0.735. The number of aliphatic carboxylic acids is 2. The number of ketones is 1. The first kappa shape index (κ1) is 14.9. The number of carbonyl (C=O) groups is 3. The Balaban J connectivity index is 2.87. The zero-order chi connectivity index (χ0) is 14.4. The largest absolute Gasteiger partial charge is 0.481 e. The summed E-state index contributed by atoms with van der Waals surface area (Å²) in [7, 11) is 0. The van der Waals surface area contributed by atoms with Crippen molar-refractivity contribution in [2.75, 3.05) is 0 Å². The molecule has 0 aromatic heterocycles. The number of carbonyl (C=O) groups excluding carboxylic acids is 1. The zero-order valence-corrected chi connectivity index (χ0v) is 10.6. The molecule has 1 aromatic carbocycles. The molecule has 1 aromatic rings. The summed E-state index contributed by atoms with van der Waals surface area (Å²) in [5.74, 6) is -4.03. The summed E-state index contributed by atoms with van der Waals surface area (Å²) in [6.07, 6.45) is -0.333. The normalized spacial score (nSPS) is 13.5. The molecule has 0 fully saturated rings. The van der Waals surface area contributed by atoms with Gasteiger partial charge in [-0.2, -0.15) is 0 Å². The maximum absolute atomic E-state index is 12.2. The van der Waals surface area contributed by atoms with Crippen molar-refractivity contribution in [3.05, 3.63) is 35.9 Å². The Labute approximate surface area is 110 Å². The summed E-state index contributed by atoms with van der Waals surface area (Å²) < 4.78 is 0. The molecule has 0 saturated carbocycles. The summed E-state index contributed by atoms with van der Waals surface area (Å²) in [4.78, 5) is 33.8. The molecule has 0 aliphatic carbocycles. The van der Waals surface area contributed by atoms with Gasteiger partial charge in [-0.25, -0.2) is 0 Å². The molecule has 2 N–H and O–H groups in total. The van der Waals surface area contributed by atoms with Crippen LogP contribution in [0, 0.1) is 11.8 Å². The van der Waals surface area contributed by atoms with E-state index in [4.69, 9.17) is 10.2 Å². The highest BCUT2D eigenvalue weighted by atomic mass is 16.4. The van der Waals surface area contributed by atoms with E-state index in [0.717, 1.165) is 0 Å². The number of carboxylic acid groups (broad SMARTS) is 2. The van der Waals surface area contributed by atoms with Crippen LogP contribution in [0.25, 0.3) is 0 Å². The minimum Gasteiger partial charge on any atom is -0.481 e. The Morgan fingerprint density at radius 1 is 1.11 bits per heavy atom. The maximum Gasteiger partial charge on any atom is 0.306 e. The molecule has 2 unspecified atom stereocenters. The van der Waals surface area contributed by atoms with Gasteiger partial charge in [0.05, 0.1) is 12.3 Å². The molecule has 0 aliphatic heterocycles. The third kappa shape index (κ3) is 4.54. The number of benzene rings is 1. The second-order valence-electron chi connectivity index (χ2n) is 4.50. The molecule has 0 amide bonds. The summed E-state index contributed by atoms with van der Waals surface area (Å²) in [6, 6.07) is 8.32. The van der Waals surface area contributed by atoms with Crippen molar-refractivity contribution in [2.45, 2.75) is 19.8 Å². The molecule has 0 heterocycles. The lowest BCUT2D eigenvalue weighted by Crippen LogP contribution is -2.24. The SMILES string of the molecule is CC(CC(CC(=O)O)C(=O)c1ccccc1)C(=O)O. The predicted molar refractivity (Wildman–Crippen MR) is 67.9 cm³/mol. The lowest BCUT2D eigenvalue weighted by atomic mass is 9.87. The average Bonchev–Trinajstić information content (AvgIpc) is 2.37. The summed E-state index contributed by atoms with van der Waals surface area (Å²) in [5, 5.41) is 17.7. The van der Waals surface area contributed by atoms with Crippen molar-refractivity contribution in [2.24, 2.45) is 11.8 Å². The first-order valence-electron chi connectivity index (χ1n) is 5.95. The monoisotopic (exact) mass is 264 g/mol. The lowest BCUT2D eigenvalue weighted by molar-refractivity contribution is -0.143. The molecular weight excluding hydrogens is 248 g/mol. The van der Waals surface area contributed by atoms with Gasteiger partial charge < -0.3 is 10.2 Å². The molecule has 0 saturated heterocycles. The molecule has 5 heteroatoms. The second kappa shape index (κ2) is 6.68. The van der Waals surface area contributed by atoms with Crippen molar-refractivity contribution in [1.82, 2.24) is 0 Å². The molecule has 0 spiro atoms. The Hall–Kier alpha value is -2.17. The summed E-state index contributed by atoms with van der Waals surface area (Å²) >= 11 is 0. The fraction of sp³-hybridized carbons (Fsp3) is 0.357. The first-order chi connectivity index (χ1) is 8.91. The molecule has 2 atom stereocenters. The van der Waals surface area contributed by atoms with Gasteiger partial charge in [0.2, 0.25) is 0 Å². The summed E-state index contributed by atoms with van der Waals surface area (Å²) in [5.41, 5.74) is 0.409. The molecule has 0 bridgehead atoms. The maximum atomic E-state index is 12.2. The van der Waals surface area contributed by atoms with Crippen LogP contribution in [0.15, 0.2) is 30.3 Å². The van der Waals surface area contributed by atoms with Crippen molar-refractivity contribution < 1.29 is 24.6 Å². The van der Waals surface area contributed by atoms with Crippen LogP contribution in [0.4, 0.5) is 0 Å². The Bertz CT molecular complexity index is 466. The van der Waals surface area contributed by atoms with Crippen LogP contribution < -0.4 is 0 Å². The van der Waals surface area contributed by atoms with Gasteiger partial charge in [-0.05, 0) is 6.42 Å². The van der Waals surface area contributed by atoms with Gasteiger partial charge in [0.15, 0.2) is 5.78 Å². The first-order valence-corrected chi connectivity index (χ1v) is 5.95. The van der Waals surface area contributed by atoms with Crippen molar-refractivity contribution >= 4 is 17.7 Å². The van der Waals surface area contributed by atoms with Gasteiger partial charge in [0.25, 0.3) is 0 Å². The zero-order valence-electron chi connectivity index (χ0n) is 10.6. The van der Waals surface area contributed by atoms with Crippen LogP contribution in [-0.2, 0) is 9.59 Å². The van der Waals surface area contributed by atoms with Gasteiger partial charge >= 0.3 is 11.9 Å². The molecular formula is C14H16O5. The van der Waals surface area contributed by atoms with Crippen molar-refractivity contribution in [3.63, 3.8) is 0 Å². The van der Waals surface area contributed by atoms with Crippen LogP contribution in [-0.4, -0.2) is 27.9 Å². The molecule has 5 nitrogen and oxygen atoms in total. The number of hydrogen-bond donors (Lipinski definition) is 2. The highest BCUT2D eigenvalue weighted by Gasteiger charge is 2.27. The number of Topliss-reactive ketones (excluding diaryl/α,β-unsaturated/α-hetero) is 1. The number of hydrogen-bond acceptors (Lipinski definition) is 3. The third-order valence-corrected chi connectivity index (χ3v) is 2.91. The molecule has 19 heavy (non-hydrogen) atoms. The summed E-state index contributed by atoms with van der Waals surface area (Å²) in [6.45, 7) is 1.47. The van der Waals surface area contributed by atoms with E-state index >= 15 is 0 Å². The fourth-order valence-electron chi connectivity index (χ4n) is 1.86. The standard InChI is InChI=1S/C14H16O5/c1-9(14(18)19)7-11(8-12(15)16)13(17)10-5-3-2-4-6-10/h2-6,9,11H,7-8H2,1H3,(H,15,16)(H,18,19). The molecule has 1 rings (SSSR count). The second-order valence-corrected chi connectivity index (χ2v) is 4.50. The van der Waals surface area contributed by atoms with E-state index in [0.29, 0.717) is 5.56 Å². The molecule has 102 valence electrons. The van der Waals surface area contributed by atoms with Crippen LogP contribution in [0.2, 0.25) is 0 Å². The minimum absolute atomic E-state index is 0.0232. The van der Waals surface area contributed by atoms with Gasteiger partial charge in [0, 0.05) is 11.5 Å². The van der Waals surface area contributed by atoms with E-state index in [1.54, 1.807) is 30.3 Å². The molecule has 0 radical (unpaired) electrons. The number of carboxylic acids is 2. The highest BCUT2D eigenvalue weighted by Crippen LogP contribution is 2.21. The van der Waals surface area contributed by atoms with Gasteiger partial charge in [-0.1, -0.05) is 37.3 Å². The van der Waals surface area contributed by atoms with Gasteiger partial charge in [0.1, 0.15) is 0 Å². The number of rotatable bonds is 7. The van der Waals surface area contributed by atoms with E-state index in [2.05, 4.69) is 0 Å². The average molecular weight is 264 g/mol. The smallest absolute Gasteiger partial charge is 0.306 e. The Morgan fingerprint density at radius 2 is 1.68 bits per heavy atom. The topological polar surface area (TPSA) is 91.7 Å². The van der Waals surface area contributed by atoms with Crippen LogP contribution in [0.1, 0.15) is 30.1 Å². The third-order valence-electron chi connectivity index (χ3n) is 2.91. The van der Waals surface area contributed by atoms with E-state index in [1.165, 1.54) is 6.92 Å². The highest BCUT2D eigenvalue weighted by molar-refractivity contribution is 5.99. The van der Waals surface area contributed by atoms with E-state index in [9.17, 15) is 14.4 Å². The van der Waals surface area contributed by atoms with Crippen molar-refractivity contribution in [1.29, 1.82) is 0 Å². The van der Waals surface area contributed by atoms with Crippen LogP contribution >= 0.6 is 0 Å². The van der Waals surface area contributed by atoms with E-state index in [-0.39, 0.29) is 18.6 Å².